The van der Waals surface area contributed by atoms with E-state index in [1.807, 2.05) is 0 Å². The maximum Gasteiger partial charge on any atom is 0.183 e. The Hall–Kier alpha value is -1.29. The van der Waals surface area contributed by atoms with E-state index in [1.165, 1.54) is 12.1 Å². The van der Waals surface area contributed by atoms with Crippen molar-refractivity contribution in [3.63, 3.8) is 0 Å². The van der Waals surface area contributed by atoms with E-state index < -0.39 is 9.84 Å². The van der Waals surface area contributed by atoms with Crippen LogP contribution < -0.4 is 5.73 Å². The number of sulfone groups is 1. The van der Waals surface area contributed by atoms with Crippen LogP contribution in [0.15, 0.2) is 41.8 Å². The summed E-state index contributed by atoms with van der Waals surface area (Å²) in [7, 11) is -3.28. The van der Waals surface area contributed by atoms with Gasteiger partial charge in [0.2, 0.25) is 0 Å². The Morgan fingerprint density at radius 2 is 2.00 bits per heavy atom. The molecule has 0 aliphatic carbocycles. The summed E-state index contributed by atoms with van der Waals surface area (Å²) in [5.74, 6) is -0.0821. The molecule has 0 aliphatic rings. The number of para-hydroxylation sites is 1. The molecule has 0 fully saturated rings. The van der Waals surface area contributed by atoms with Crippen molar-refractivity contribution in [2.45, 2.75) is 4.90 Å². The molecule has 0 radical (unpaired) electrons. The molecule has 1 aromatic rings. The third kappa shape index (κ3) is 2.09. The molecule has 0 saturated heterocycles. The van der Waals surface area contributed by atoms with Crippen LogP contribution in [0.4, 0.5) is 5.69 Å². The first-order chi connectivity index (χ1) is 6.08. The first-order valence-electron chi connectivity index (χ1n) is 3.76. The van der Waals surface area contributed by atoms with Crippen LogP contribution in [0.5, 0.6) is 0 Å². The Morgan fingerprint density at radius 1 is 1.38 bits per heavy atom. The fourth-order valence-corrected chi connectivity index (χ4v) is 2.21. The van der Waals surface area contributed by atoms with Crippen molar-refractivity contribution in [3.05, 3.63) is 36.9 Å². The van der Waals surface area contributed by atoms with E-state index >= 15 is 0 Å². The number of hydrogen-bond donors (Lipinski definition) is 1. The summed E-state index contributed by atoms with van der Waals surface area (Å²) in [5.41, 5.74) is 5.81. The van der Waals surface area contributed by atoms with Gasteiger partial charge in [-0.15, -0.1) is 6.58 Å². The van der Waals surface area contributed by atoms with Gasteiger partial charge in [-0.3, -0.25) is 0 Å². The Kier molecular flexibility index (Phi) is 2.72. The first kappa shape index (κ1) is 9.80. The van der Waals surface area contributed by atoms with Crippen molar-refractivity contribution in [1.29, 1.82) is 0 Å². The molecule has 0 aromatic heterocycles. The number of benzene rings is 1. The van der Waals surface area contributed by atoms with E-state index in [0.717, 1.165) is 0 Å². The van der Waals surface area contributed by atoms with Gasteiger partial charge in [0.15, 0.2) is 9.84 Å². The number of nitrogens with two attached hydrogens (primary N) is 1. The van der Waals surface area contributed by atoms with Crippen LogP contribution >= 0.6 is 0 Å². The second-order valence-corrected chi connectivity index (χ2v) is 4.61. The molecule has 0 bridgehead atoms. The molecule has 0 heterocycles. The summed E-state index contributed by atoms with van der Waals surface area (Å²) in [6.07, 6.45) is 1.35. The van der Waals surface area contributed by atoms with E-state index in [9.17, 15) is 8.42 Å². The van der Waals surface area contributed by atoms with Crippen LogP contribution in [-0.4, -0.2) is 14.2 Å². The highest BCUT2D eigenvalue weighted by molar-refractivity contribution is 7.91. The first-order valence-corrected chi connectivity index (χ1v) is 5.41. The van der Waals surface area contributed by atoms with Gasteiger partial charge in [-0.25, -0.2) is 8.42 Å². The van der Waals surface area contributed by atoms with E-state index in [1.54, 1.807) is 18.2 Å². The molecule has 0 unspecified atom stereocenters. The lowest BCUT2D eigenvalue weighted by Crippen LogP contribution is -2.07. The van der Waals surface area contributed by atoms with Crippen molar-refractivity contribution >= 4 is 15.5 Å². The van der Waals surface area contributed by atoms with E-state index in [-0.39, 0.29) is 16.3 Å². The molecule has 0 saturated carbocycles. The lowest BCUT2D eigenvalue weighted by Gasteiger charge is -2.03. The Morgan fingerprint density at radius 3 is 2.54 bits per heavy atom. The maximum atomic E-state index is 11.5. The van der Waals surface area contributed by atoms with Gasteiger partial charge in [-0.2, -0.15) is 0 Å². The topological polar surface area (TPSA) is 60.2 Å². The minimum absolute atomic E-state index is 0.0821. The van der Waals surface area contributed by atoms with Gasteiger partial charge in [0.05, 0.1) is 16.3 Å². The lowest BCUT2D eigenvalue weighted by atomic mass is 10.3. The predicted octanol–water partition coefficient (Wildman–Crippen LogP) is 1.23. The van der Waals surface area contributed by atoms with Crippen LogP contribution in [0.2, 0.25) is 0 Å². The smallest absolute Gasteiger partial charge is 0.183 e. The van der Waals surface area contributed by atoms with Crippen molar-refractivity contribution in [1.82, 2.24) is 0 Å². The molecule has 3 nitrogen and oxygen atoms in total. The Labute approximate surface area is 77.8 Å². The van der Waals surface area contributed by atoms with Gasteiger partial charge >= 0.3 is 0 Å². The molecule has 1 rings (SSSR count). The summed E-state index contributed by atoms with van der Waals surface area (Å²) >= 11 is 0. The molecule has 0 atom stereocenters. The van der Waals surface area contributed by atoms with Gasteiger partial charge in [-0.05, 0) is 12.1 Å². The second-order valence-electron chi connectivity index (χ2n) is 2.61. The van der Waals surface area contributed by atoms with Crippen LogP contribution in [-0.2, 0) is 9.84 Å². The summed E-state index contributed by atoms with van der Waals surface area (Å²) in [5, 5.41) is 0. The molecule has 2 N–H and O–H groups in total. The van der Waals surface area contributed by atoms with E-state index in [0.29, 0.717) is 0 Å². The SMILES string of the molecule is C=CCS(=O)(=O)c1ccccc1N. The third-order valence-electron chi connectivity index (χ3n) is 1.59. The van der Waals surface area contributed by atoms with Gasteiger partial charge < -0.3 is 5.73 Å². The van der Waals surface area contributed by atoms with Crippen LogP contribution in [0.1, 0.15) is 0 Å². The summed E-state index contributed by atoms with van der Waals surface area (Å²) in [6.45, 7) is 3.38. The number of rotatable bonds is 3. The fraction of sp³-hybridized carbons (Fsp3) is 0.111. The van der Waals surface area contributed by atoms with Crippen molar-refractivity contribution in [2.75, 3.05) is 11.5 Å². The summed E-state index contributed by atoms with van der Waals surface area (Å²) < 4.78 is 23.0. The van der Waals surface area contributed by atoms with Crippen molar-refractivity contribution in [2.24, 2.45) is 0 Å². The minimum atomic E-state index is -3.28. The predicted molar refractivity (Wildman–Crippen MR) is 53.1 cm³/mol. The Balaban J connectivity index is 3.22. The average Bonchev–Trinajstić information content (AvgIpc) is 2.04. The van der Waals surface area contributed by atoms with Crippen molar-refractivity contribution in [3.8, 4) is 0 Å². The highest BCUT2D eigenvalue weighted by atomic mass is 32.2. The summed E-state index contributed by atoms with van der Waals surface area (Å²) in [6, 6.07) is 6.40. The Bertz CT molecular complexity index is 409. The molecule has 0 aliphatic heterocycles. The standard InChI is InChI=1S/C9H11NO2S/c1-2-7-13(11,12)9-6-4-3-5-8(9)10/h2-6H,1,7,10H2. The number of anilines is 1. The lowest BCUT2D eigenvalue weighted by molar-refractivity contribution is 0.599. The zero-order valence-electron chi connectivity index (χ0n) is 7.10. The molecule has 4 heteroatoms. The van der Waals surface area contributed by atoms with E-state index in [4.69, 9.17) is 5.73 Å². The molecule has 0 spiro atoms. The monoisotopic (exact) mass is 197 g/mol. The normalized spacial score (nSPS) is 11.1. The fourth-order valence-electron chi connectivity index (χ4n) is 1.01. The average molecular weight is 197 g/mol. The van der Waals surface area contributed by atoms with Crippen LogP contribution in [0.3, 0.4) is 0 Å². The molecule has 1 aromatic carbocycles. The highest BCUT2D eigenvalue weighted by Gasteiger charge is 2.14. The molecule has 13 heavy (non-hydrogen) atoms. The quantitative estimate of drug-likeness (QED) is 0.585. The van der Waals surface area contributed by atoms with Gasteiger partial charge in [0.25, 0.3) is 0 Å². The minimum Gasteiger partial charge on any atom is -0.398 e. The molecule has 70 valence electrons. The maximum absolute atomic E-state index is 11.5. The van der Waals surface area contributed by atoms with Gasteiger partial charge in [0.1, 0.15) is 0 Å². The molecular weight excluding hydrogens is 186 g/mol. The van der Waals surface area contributed by atoms with E-state index in [2.05, 4.69) is 6.58 Å². The van der Waals surface area contributed by atoms with Crippen LogP contribution in [0, 0.1) is 0 Å². The van der Waals surface area contributed by atoms with Crippen molar-refractivity contribution < 1.29 is 8.42 Å². The molecular formula is C9H11NO2S. The largest absolute Gasteiger partial charge is 0.398 e. The number of nitrogen functional groups attached to an aromatic ring is 1. The zero-order chi connectivity index (χ0) is 9.90. The van der Waals surface area contributed by atoms with Gasteiger partial charge in [-0.1, -0.05) is 18.2 Å². The highest BCUT2D eigenvalue weighted by Crippen LogP contribution is 2.18. The third-order valence-corrected chi connectivity index (χ3v) is 3.31. The number of hydrogen-bond acceptors (Lipinski definition) is 3. The van der Waals surface area contributed by atoms with Crippen LogP contribution in [0.25, 0.3) is 0 Å². The zero-order valence-corrected chi connectivity index (χ0v) is 7.92. The second kappa shape index (κ2) is 3.62. The van der Waals surface area contributed by atoms with Gasteiger partial charge in [0, 0.05) is 0 Å². The summed E-state index contributed by atoms with van der Waals surface area (Å²) in [4.78, 5) is 0.176. The molecule has 0 amide bonds.